The van der Waals surface area contributed by atoms with E-state index in [4.69, 9.17) is 5.26 Å². The van der Waals surface area contributed by atoms with Crippen LogP contribution >= 0.6 is 0 Å². The van der Waals surface area contributed by atoms with Crippen LogP contribution in [0.2, 0.25) is 0 Å². The van der Waals surface area contributed by atoms with Crippen molar-refractivity contribution in [3.05, 3.63) is 59.7 Å². The molecule has 3 rings (SSSR count). The van der Waals surface area contributed by atoms with Crippen molar-refractivity contribution in [2.75, 3.05) is 4.72 Å². The van der Waals surface area contributed by atoms with Crippen LogP contribution in [0.3, 0.4) is 0 Å². The lowest BCUT2D eigenvalue weighted by Crippen LogP contribution is -2.36. The van der Waals surface area contributed by atoms with Gasteiger partial charge in [0.1, 0.15) is 6.07 Å². The zero-order valence-electron chi connectivity index (χ0n) is 14.8. The van der Waals surface area contributed by atoms with Crippen LogP contribution in [-0.2, 0) is 10.0 Å². The average molecular weight is 383 g/mol. The van der Waals surface area contributed by atoms with Gasteiger partial charge in [0, 0.05) is 11.6 Å². The topological polar surface area (TPSA) is 99.1 Å². The van der Waals surface area contributed by atoms with Crippen molar-refractivity contribution in [2.24, 2.45) is 0 Å². The molecule has 6 nitrogen and oxygen atoms in total. The lowest BCUT2D eigenvalue weighted by atomic mass is 9.95. The number of amides is 1. The van der Waals surface area contributed by atoms with E-state index in [0.29, 0.717) is 5.56 Å². The summed E-state index contributed by atoms with van der Waals surface area (Å²) in [4.78, 5) is 12.5. The van der Waals surface area contributed by atoms with Crippen LogP contribution in [-0.4, -0.2) is 20.4 Å². The molecule has 0 atom stereocenters. The van der Waals surface area contributed by atoms with Gasteiger partial charge < -0.3 is 5.32 Å². The molecule has 2 aromatic rings. The van der Waals surface area contributed by atoms with Crippen molar-refractivity contribution >= 4 is 21.6 Å². The summed E-state index contributed by atoms with van der Waals surface area (Å²) >= 11 is 0. The maximum atomic E-state index is 12.7. The Balaban J connectivity index is 1.79. The van der Waals surface area contributed by atoms with E-state index in [1.807, 2.05) is 6.07 Å². The number of para-hydroxylation sites is 1. The highest BCUT2D eigenvalue weighted by atomic mass is 32.2. The Morgan fingerprint density at radius 3 is 2.52 bits per heavy atom. The van der Waals surface area contributed by atoms with Gasteiger partial charge in [-0.05, 0) is 43.2 Å². The van der Waals surface area contributed by atoms with Crippen molar-refractivity contribution in [2.45, 2.75) is 43.0 Å². The SMILES string of the molecule is N#Cc1ccccc1NS(=O)(=O)c1cccc(C(=O)NC2CCCCC2)c1. The third-order valence-corrected chi connectivity index (χ3v) is 6.00. The van der Waals surface area contributed by atoms with E-state index in [1.54, 1.807) is 24.3 Å². The van der Waals surface area contributed by atoms with Crippen molar-refractivity contribution < 1.29 is 13.2 Å². The monoisotopic (exact) mass is 383 g/mol. The first-order valence-electron chi connectivity index (χ1n) is 8.92. The number of benzene rings is 2. The minimum absolute atomic E-state index is 0.0217. The third kappa shape index (κ3) is 4.66. The highest BCUT2D eigenvalue weighted by molar-refractivity contribution is 7.92. The molecule has 0 spiro atoms. The molecule has 0 saturated heterocycles. The van der Waals surface area contributed by atoms with Crippen molar-refractivity contribution in [3.63, 3.8) is 0 Å². The molecule has 0 radical (unpaired) electrons. The molecule has 0 aliphatic heterocycles. The number of nitrogens with one attached hydrogen (secondary N) is 2. The summed E-state index contributed by atoms with van der Waals surface area (Å²) in [6, 6.07) is 14.4. The van der Waals surface area contributed by atoms with Crippen LogP contribution in [0.4, 0.5) is 5.69 Å². The molecule has 2 N–H and O–H groups in total. The lowest BCUT2D eigenvalue weighted by molar-refractivity contribution is 0.0927. The molecule has 1 amide bonds. The Hall–Kier alpha value is -2.85. The number of hydrogen-bond donors (Lipinski definition) is 2. The second-order valence-electron chi connectivity index (χ2n) is 6.60. The summed E-state index contributed by atoms with van der Waals surface area (Å²) in [6.07, 6.45) is 5.30. The second-order valence-corrected chi connectivity index (χ2v) is 8.28. The number of sulfonamides is 1. The van der Waals surface area contributed by atoms with Gasteiger partial charge in [0.2, 0.25) is 0 Å². The summed E-state index contributed by atoms with van der Waals surface area (Å²) in [6.45, 7) is 0. The first kappa shape index (κ1) is 18.9. The molecular weight excluding hydrogens is 362 g/mol. The standard InChI is InChI=1S/C20H21N3O3S/c21-14-16-7-4-5-12-19(16)23-27(25,26)18-11-6-8-15(13-18)20(24)22-17-9-2-1-3-10-17/h4-8,11-13,17,23H,1-3,9-10H2,(H,22,24). The summed E-state index contributed by atoms with van der Waals surface area (Å²) in [5, 5.41) is 12.1. The van der Waals surface area contributed by atoms with E-state index in [1.165, 1.54) is 30.7 Å². The first-order valence-corrected chi connectivity index (χ1v) is 10.4. The fraction of sp³-hybridized carbons (Fsp3) is 0.300. The van der Waals surface area contributed by atoms with Crippen LogP contribution in [0.25, 0.3) is 0 Å². The van der Waals surface area contributed by atoms with Crippen molar-refractivity contribution in [3.8, 4) is 6.07 Å². The van der Waals surface area contributed by atoms with Crippen molar-refractivity contribution in [1.29, 1.82) is 5.26 Å². The Morgan fingerprint density at radius 1 is 1.04 bits per heavy atom. The number of carbonyl (C=O) groups is 1. The maximum absolute atomic E-state index is 12.7. The number of nitrogens with zero attached hydrogens (tertiary/aromatic N) is 1. The summed E-state index contributed by atoms with van der Waals surface area (Å²) in [5.41, 5.74) is 0.737. The Kier molecular flexibility index (Phi) is 5.77. The van der Waals surface area contributed by atoms with E-state index in [0.717, 1.165) is 25.7 Å². The zero-order valence-corrected chi connectivity index (χ0v) is 15.6. The molecule has 1 fully saturated rings. The minimum Gasteiger partial charge on any atom is -0.349 e. The zero-order chi connectivity index (χ0) is 19.3. The van der Waals surface area contributed by atoms with Gasteiger partial charge in [-0.1, -0.05) is 37.5 Å². The predicted molar refractivity (Wildman–Crippen MR) is 103 cm³/mol. The molecule has 1 aliphatic carbocycles. The van der Waals surface area contributed by atoms with E-state index in [2.05, 4.69) is 10.0 Å². The molecule has 2 aromatic carbocycles. The second kappa shape index (κ2) is 8.23. The van der Waals surface area contributed by atoms with E-state index >= 15 is 0 Å². The van der Waals surface area contributed by atoms with Gasteiger partial charge in [-0.25, -0.2) is 8.42 Å². The fourth-order valence-corrected chi connectivity index (χ4v) is 4.32. The maximum Gasteiger partial charge on any atom is 0.261 e. The van der Waals surface area contributed by atoms with Crippen molar-refractivity contribution in [1.82, 2.24) is 5.32 Å². The van der Waals surface area contributed by atoms with Crippen LogP contribution in [0, 0.1) is 11.3 Å². The first-order chi connectivity index (χ1) is 13.0. The molecule has 0 heterocycles. The molecule has 140 valence electrons. The normalized spacial score (nSPS) is 14.9. The molecule has 1 aliphatic rings. The number of hydrogen-bond acceptors (Lipinski definition) is 4. The quantitative estimate of drug-likeness (QED) is 0.826. The average Bonchev–Trinajstić information content (AvgIpc) is 2.69. The minimum atomic E-state index is -3.92. The number of rotatable bonds is 5. The van der Waals surface area contributed by atoms with E-state index in [9.17, 15) is 13.2 Å². The van der Waals surface area contributed by atoms with Crippen LogP contribution in [0.5, 0.6) is 0 Å². The van der Waals surface area contributed by atoms with Gasteiger partial charge in [0.05, 0.1) is 16.1 Å². The summed E-state index contributed by atoms with van der Waals surface area (Å²) < 4.78 is 27.8. The fourth-order valence-electron chi connectivity index (χ4n) is 3.19. The molecule has 0 unspecified atom stereocenters. The third-order valence-electron chi connectivity index (χ3n) is 4.64. The van der Waals surface area contributed by atoms with Crippen LogP contribution in [0.1, 0.15) is 48.0 Å². The molecule has 0 bridgehead atoms. The van der Waals surface area contributed by atoms with E-state index in [-0.39, 0.29) is 28.1 Å². The lowest BCUT2D eigenvalue weighted by Gasteiger charge is -2.22. The Morgan fingerprint density at radius 2 is 1.78 bits per heavy atom. The number of carbonyl (C=O) groups excluding carboxylic acids is 1. The Bertz CT molecular complexity index is 974. The number of nitriles is 1. The van der Waals surface area contributed by atoms with Gasteiger partial charge in [-0.3, -0.25) is 9.52 Å². The summed E-state index contributed by atoms with van der Waals surface area (Å²) in [5.74, 6) is -0.267. The van der Waals surface area contributed by atoms with Crippen LogP contribution < -0.4 is 10.0 Å². The smallest absolute Gasteiger partial charge is 0.261 e. The van der Waals surface area contributed by atoms with Gasteiger partial charge >= 0.3 is 0 Å². The molecule has 27 heavy (non-hydrogen) atoms. The van der Waals surface area contributed by atoms with Crippen LogP contribution in [0.15, 0.2) is 53.4 Å². The highest BCUT2D eigenvalue weighted by Gasteiger charge is 2.20. The predicted octanol–water partition coefficient (Wildman–Crippen LogP) is 3.42. The van der Waals surface area contributed by atoms with Gasteiger partial charge in [-0.15, -0.1) is 0 Å². The molecule has 0 aromatic heterocycles. The van der Waals surface area contributed by atoms with E-state index < -0.39 is 10.0 Å². The van der Waals surface area contributed by atoms with Gasteiger partial charge in [-0.2, -0.15) is 5.26 Å². The molecule has 1 saturated carbocycles. The van der Waals surface area contributed by atoms with Gasteiger partial charge in [0.25, 0.3) is 15.9 Å². The summed E-state index contributed by atoms with van der Waals surface area (Å²) in [7, 11) is -3.92. The Labute approximate surface area is 159 Å². The largest absolute Gasteiger partial charge is 0.349 e. The van der Waals surface area contributed by atoms with Gasteiger partial charge in [0.15, 0.2) is 0 Å². The molecular formula is C20H21N3O3S. The molecule has 7 heteroatoms. The number of anilines is 1. The highest BCUT2D eigenvalue weighted by Crippen LogP contribution is 2.21.